The van der Waals surface area contributed by atoms with Gasteiger partial charge in [0.2, 0.25) is 17.6 Å². The molecule has 6 saturated heterocycles. The van der Waals surface area contributed by atoms with E-state index in [4.69, 9.17) is 91.6 Å². The third-order valence-corrected chi connectivity index (χ3v) is 22.2. The van der Waals surface area contributed by atoms with Crippen LogP contribution in [0.15, 0.2) is 91.8 Å². The molecule has 9 aliphatic rings. The second kappa shape index (κ2) is 28.8. The van der Waals surface area contributed by atoms with Gasteiger partial charge in [-0.2, -0.15) is 45.2 Å². The Balaban J connectivity index is 0.000000112. The van der Waals surface area contributed by atoms with Crippen LogP contribution in [-0.2, 0) is 68.8 Å². The highest BCUT2D eigenvalue weighted by atomic mass is 35.5. The van der Waals surface area contributed by atoms with Crippen molar-refractivity contribution in [2.45, 2.75) is 130 Å². The van der Waals surface area contributed by atoms with Crippen molar-refractivity contribution in [3.63, 3.8) is 0 Å². The van der Waals surface area contributed by atoms with E-state index in [9.17, 15) is 15.3 Å². The summed E-state index contributed by atoms with van der Waals surface area (Å²) in [5.74, 6) is -0.472. The van der Waals surface area contributed by atoms with Crippen molar-refractivity contribution in [1.82, 2.24) is 74.2 Å². The number of aromatic nitrogens is 15. The van der Waals surface area contributed by atoms with Crippen LogP contribution in [0.3, 0.4) is 0 Å². The first-order valence-corrected chi connectivity index (χ1v) is 37.3. The molecule has 36 heteroatoms. The number of imidazole rings is 3. The van der Waals surface area contributed by atoms with Crippen LogP contribution in [0.4, 0.5) is 13.2 Å². The number of aromatic amines is 3. The summed E-state index contributed by atoms with van der Waals surface area (Å²) in [6.45, 7) is 1.47. The van der Waals surface area contributed by atoms with Crippen LogP contribution in [0.5, 0.6) is 35.7 Å². The van der Waals surface area contributed by atoms with E-state index in [1.165, 1.54) is 18.2 Å². The van der Waals surface area contributed by atoms with Crippen LogP contribution in [0.25, 0.3) is 66.9 Å². The van der Waals surface area contributed by atoms with Gasteiger partial charge in [0.15, 0.2) is 35.3 Å². The quantitative estimate of drug-likeness (QED) is 0.0556. The van der Waals surface area contributed by atoms with E-state index in [1.807, 2.05) is 57.9 Å². The number of benzene rings is 3. The van der Waals surface area contributed by atoms with Gasteiger partial charge in [-0.15, -0.1) is 0 Å². The van der Waals surface area contributed by atoms with Crippen molar-refractivity contribution in [2.24, 2.45) is 21.1 Å². The van der Waals surface area contributed by atoms with Crippen LogP contribution >= 0.6 is 34.8 Å². The molecule has 0 saturated carbocycles. The summed E-state index contributed by atoms with van der Waals surface area (Å²) in [6, 6.07) is 16.1. The van der Waals surface area contributed by atoms with Crippen LogP contribution in [0, 0.1) is 17.5 Å². The van der Waals surface area contributed by atoms with E-state index in [0.717, 1.165) is 50.1 Å². The molecular weight excluding hydrogens is 1510 g/mol. The van der Waals surface area contributed by atoms with E-state index in [0.29, 0.717) is 88.7 Å². The Morgan fingerprint density at radius 2 is 0.667 bits per heavy atom. The molecular formula is C75H69Cl3F3N15O15. The van der Waals surface area contributed by atoms with E-state index in [1.54, 1.807) is 50.8 Å². The van der Waals surface area contributed by atoms with Gasteiger partial charge >= 0.3 is 0 Å². The second-order valence-electron chi connectivity index (χ2n) is 28.8. The highest BCUT2D eigenvalue weighted by molar-refractivity contribution is 6.33. The number of hydrogen-bond donors (Lipinski definition) is 6. The van der Waals surface area contributed by atoms with Gasteiger partial charge in [0.25, 0.3) is 18.0 Å². The van der Waals surface area contributed by atoms with E-state index in [2.05, 4.69) is 60.2 Å². The molecule has 3 aromatic carbocycles. The fraction of sp³-hybridized carbons (Fsp3) is 0.400. The number of rotatable bonds is 15. The molecule has 12 aromatic rings. The Hall–Kier alpha value is -9.75. The molecule has 15 heterocycles. The molecule has 21 rings (SSSR count). The van der Waals surface area contributed by atoms with Gasteiger partial charge in [0.05, 0.1) is 74.8 Å². The summed E-state index contributed by atoms with van der Waals surface area (Å²) in [4.78, 5) is 35.8. The zero-order chi connectivity index (χ0) is 75.8. The number of pyridine rings is 3. The van der Waals surface area contributed by atoms with E-state index < -0.39 is 73.2 Å². The highest BCUT2D eigenvalue weighted by Crippen LogP contribution is 2.46. The Bertz CT molecular complexity index is 5060. The van der Waals surface area contributed by atoms with Crippen LogP contribution in [0.1, 0.15) is 71.0 Å². The molecule has 111 heavy (non-hydrogen) atoms. The maximum Gasteiger partial charge on any atom is 0.296 e. The average Bonchev–Trinajstić information content (AvgIpc) is 1.14. The average molecular weight is 1580 g/mol. The molecule has 3 unspecified atom stereocenters. The molecule has 6 N–H and O–H groups in total. The monoisotopic (exact) mass is 1580 g/mol. The van der Waals surface area contributed by atoms with Gasteiger partial charge in [-0.05, 0) is 108 Å². The number of H-pyrrole nitrogens is 3. The minimum absolute atomic E-state index is 0.173. The minimum Gasteiger partial charge on any atom is -0.468 e. The molecule has 0 radical (unpaired) electrons. The lowest BCUT2D eigenvalue weighted by Gasteiger charge is -2.16. The minimum atomic E-state index is -0.665. The molecule has 30 nitrogen and oxygen atoms in total. The largest absolute Gasteiger partial charge is 0.468 e. The molecule has 0 amide bonds. The van der Waals surface area contributed by atoms with Crippen molar-refractivity contribution in [3.05, 3.63) is 158 Å². The molecule has 3 aliphatic carbocycles. The number of ether oxygens (including phenoxy) is 12. The van der Waals surface area contributed by atoms with Crippen molar-refractivity contribution in [3.8, 4) is 69.1 Å². The second-order valence-corrected chi connectivity index (χ2v) is 30.0. The Morgan fingerprint density at radius 1 is 0.378 bits per heavy atom. The number of aliphatic hydroxyl groups excluding tert-OH is 3. The smallest absolute Gasteiger partial charge is 0.296 e. The summed E-state index contributed by atoms with van der Waals surface area (Å²) >= 11 is 19.4. The summed E-state index contributed by atoms with van der Waals surface area (Å²) in [6.07, 6.45) is 7.43. The Labute approximate surface area is 642 Å². The summed E-state index contributed by atoms with van der Waals surface area (Å²) in [5, 5.41) is 43.1. The Kier molecular flexibility index (Phi) is 18.6. The maximum atomic E-state index is 15.2. The molecule has 6 fully saturated rings. The van der Waals surface area contributed by atoms with Crippen LogP contribution < -0.4 is 28.4 Å². The lowest BCUT2D eigenvalue weighted by atomic mass is 10.0. The van der Waals surface area contributed by atoms with E-state index >= 15 is 13.2 Å². The van der Waals surface area contributed by atoms with Crippen molar-refractivity contribution >= 4 is 68.3 Å². The van der Waals surface area contributed by atoms with Gasteiger partial charge in [-0.3, -0.25) is 14.0 Å². The number of nitrogens with zero attached hydrogens (tertiary/aromatic N) is 12. The molecule has 0 spiro atoms. The first-order chi connectivity index (χ1) is 53.8. The molecule has 15 atom stereocenters. The fourth-order valence-corrected chi connectivity index (χ4v) is 16.7. The fourth-order valence-electron chi connectivity index (χ4n) is 16.1. The molecule has 576 valence electrons. The number of aliphatic hydroxyl groups is 3. The zero-order valence-electron chi connectivity index (χ0n) is 59.2. The standard InChI is InChI=1S/3C25H23ClFN5O5/c3*1-32-8-13(7-28-32)12-4-11-2-3-18(20(11)15(27)5-12)36-24-14(26)6-16-23(30-24)31-25(29-16)37-19-10-35-21-17(33)9-34-22(19)21/h3*4-8,17-19,21-22,33H,2-3,9-10H2,1H3,(H,29,30,31)/t3*17-,18?,19-,21-,22-/m111/s1. The predicted molar refractivity (Wildman–Crippen MR) is 387 cm³/mol. The topological polar surface area (TPSA) is 350 Å². The molecule has 9 aromatic heterocycles. The predicted octanol–water partition coefficient (Wildman–Crippen LogP) is 9.37. The lowest BCUT2D eigenvalue weighted by molar-refractivity contribution is 0.00703. The van der Waals surface area contributed by atoms with Crippen molar-refractivity contribution in [1.29, 1.82) is 0 Å². The van der Waals surface area contributed by atoms with Gasteiger partial charge in [0, 0.05) is 73.1 Å². The van der Waals surface area contributed by atoms with E-state index in [-0.39, 0.29) is 126 Å². The number of nitrogens with one attached hydrogen (secondary N) is 3. The first-order valence-electron chi connectivity index (χ1n) is 36.1. The summed E-state index contributed by atoms with van der Waals surface area (Å²) in [7, 11) is 5.48. The maximum absolute atomic E-state index is 15.2. The third-order valence-electron chi connectivity index (χ3n) is 21.4. The van der Waals surface area contributed by atoms with Gasteiger partial charge in [-0.1, -0.05) is 53.0 Å². The normalized spacial score (nSPS) is 26.5. The number of hydrogen-bond acceptors (Lipinski definition) is 24. The van der Waals surface area contributed by atoms with Crippen molar-refractivity contribution < 1.29 is 85.3 Å². The third kappa shape index (κ3) is 13.7. The summed E-state index contributed by atoms with van der Waals surface area (Å²) < 4.78 is 121. The number of aryl methyl sites for hydroxylation is 6. The number of fused-ring (bicyclic) bond motifs is 9. The van der Waals surface area contributed by atoms with Crippen molar-refractivity contribution in [2.75, 3.05) is 39.6 Å². The first kappa shape index (κ1) is 71.6. The zero-order valence-corrected chi connectivity index (χ0v) is 61.4. The summed E-state index contributed by atoms with van der Waals surface area (Å²) in [5.41, 5.74) is 11.9. The number of halogens is 6. The Morgan fingerprint density at radius 3 is 0.946 bits per heavy atom. The lowest BCUT2D eigenvalue weighted by Crippen LogP contribution is -2.34. The van der Waals surface area contributed by atoms with Crippen LogP contribution in [0.2, 0.25) is 15.1 Å². The van der Waals surface area contributed by atoms with Crippen LogP contribution in [-0.4, -0.2) is 202 Å². The van der Waals surface area contributed by atoms with Gasteiger partial charge < -0.3 is 87.1 Å². The molecule has 0 bridgehead atoms. The van der Waals surface area contributed by atoms with Gasteiger partial charge in [0.1, 0.15) is 106 Å². The van der Waals surface area contributed by atoms with Gasteiger partial charge in [-0.25, -0.2) is 13.2 Å². The SMILES string of the molecule is Cn1cc(-c2cc(F)c3c(c2)CCC3Oc2nc3nc(O[C@@H]4CO[C@H]5[C@@H]4OC[C@H]5O)[nH]c3cc2Cl)cn1.Cn1cc(-c2cc(F)c3c(c2)CCC3Oc2nc3nc(O[C@@H]4CO[C@H]5[C@@H]4OC[C@H]5O)[nH]c3cc2Cl)cn1.Cn1cc(-c2cc(F)c3c(c2)CCC3Oc2nc3nc(O[C@@H]4CO[C@H]5[C@@H]4OC[C@H]5O)[nH]c3cc2Cl)cn1. The molecule has 6 aliphatic heterocycles. The highest BCUT2D eigenvalue weighted by Gasteiger charge is 2.51.